The van der Waals surface area contributed by atoms with Crippen molar-refractivity contribution in [1.29, 1.82) is 0 Å². The van der Waals surface area contributed by atoms with Gasteiger partial charge in [0.1, 0.15) is 0 Å². The fraction of sp³-hybridized carbons (Fsp3) is 0.297. The third kappa shape index (κ3) is 6.84. The maximum Gasteiger partial charge on any atom is 0.0443 e. The van der Waals surface area contributed by atoms with Crippen LogP contribution in [0.25, 0.3) is 11.6 Å². The molecule has 0 atom stereocenters. The highest BCUT2D eigenvalue weighted by molar-refractivity contribution is 5.92. The summed E-state index contributed by atoms with van der Waals surface area (Å²) < 4.78 is 0. The molecule has 0 aliphatic rings. The largest absolute Gasteiger partial charge is 0.355 e. The molecule has 0 saturated carbocycles. The summed E-state index contributed by atoms with van der Waals surface area (Å²) in [5, 5.41) is 3.68. The van der Waals surface area contributed by atoms with Crippen LogP contribution in [0.15, 0.2) is 84.9 Å². The van der Waals surface area contributed by atoms with Gasteiger partial charge in [0.25, 0.3) is 0 Å². The molecule has 1 nitrogen and oxygen atoms in total. The Labute approximate surface area is 230 Å². The van der Waals surface area contributed by atoms with E-state index in [2.05, 4.69) is 131 Å². The lowest BCUT2D eigenvalue weighted by molar-refractivity contribution is 0.893. The average Bonchev–Trinajstić information content (AvgIpc) is 2.92. The molecule has 0 spiro atoms. The van der Waals surface area contributed by atoms with E-state index >= 15 is 0 Å². The number of rotatable bonds is 11. The Bertz CT molecular complexity index is 1340. The van der Waals surface area contributed by atoms with Crippen molar-refractivity contribution in [3.05, 3.63) is 129 Å². The van der Waals surface area contributed by atoms with Crippen molar-refractivity contribution in [3.63, 3.8) is 0 Å². The van der Waals surface area contributed by atoms with Crippen LogP contribution < -0.4 is 5.32 Å². The van der Waals surface area contributed by atoms with Crippen LogP contribution in [0.3, 0.4) is 0 Å². The van der Waals surface area contributed by atoms with Gasteiger partial charge in [-0.3, -0.25) is 0 Å². The van der Waals surface area contributed by atoms with Gasteiger partial charge in [-0.05, 0) is 101 Å². The molecule has 38 heavy (non-hydrogen) atoms. The highest BCUT2D eigenvalue weighted by Gasteiger charge is 2.12. The van der Waals surface area contributed by atoms with E-state index in [0.717, 1.165) is 31.4 Å². The van der Waals surface area contributed by atoms with E-state index in [4.69, 9.17) is 0 Å². The van der Waals surface area contributed by atoms with E-state index < -0.39 is 0 Å². The van der Waals surface area contributed by atoms with Gasteiger partial charge in [0.05, 0.1) is 0 Å². The van der Waals surface area contributed by atoms with Crippen molar-refractivity contribution in [3.8, 4) is 0 Å². The first-order valence-corrected chi connectivity index (χ1v) is 14.4. The Balaban J connectivity index is 1.68. The molecule has 1 N–H and O–H groups in total. The number of anilines is 2. The van der Waals surface area contributed by atoms with Gasteiger partial charge in [-0.1, -0.05) is 113 Å². The Morgan fingerprint density at radius 1 is 0.658 bits per heavy atom. The Morgan fingerprint density at radius 2 is 1.29 bits per heavy atom. The van der Waals surface area contributed by atoms with Crippen molar-refractivity contribution >= 4 is 23.0 Å². The van der Waals surface area contributed by atoms with Gasteiger partial charge in [-0.15, -0.1) is 0 Å². The summed E-state index contributed by atoms with van der Waals surface area (Å²) in [5.74, 6) is 0. The maximum atomic E-state index is 3.68. The summed E-state index contributed by atoms with van der Waals surface area (Å²) in [6.45, 7) is 11.2. The van der Waals surface area contributed by atoms with Crippen LogP contribution in [0.1, 0.15) is 84.5 Å². The van der Waals surface area contributed by atoms with Crippen LogP contribution in [-0.2, 0) is 19.3 Å². The monoisotopic (exact) mass is 501 g/mol. The topological polar surface area (TPSA) is 12.0 Å². The van der Waals surface area contributed by atoms with Crippen molar-refractivity contribution in [2.75, 3.05) is 5.32 Å². The van der Waals surface area contributed by atoms with E-state index in [1.807, 2.05) is 0 Å². The quantitative estimate of drug-likeness (QED) is 0.202. The second-order valence-corrected chi connectivity index (χ2v) is 10.5. The van der Waals surface area contributed by atoms with E-state index in [0.29, 0.717) is 0 Å². The minimum absolute atomic E-state index is 1.09. The molecule has 0 radical (unpaired) electrons. The first-order valence-electron chi connectivity index (χ1n) is 14.4. The number of nitrogens with one attached hydrogen (secondary N) is 1. The predicted octanol–water partition coefficient (Wildman–Crippen LogP) is 10.5. The van der Waals surface area contributed by atoms with Crippen LogP contribution in [0.2, 0.25) is 0 Å². The van der Waals surface area contributed by atoms with Crippen molar-refractivity contribution in [2.24, 2.45) is 0 Å². The smallest absolute Gasteiger partial charge is 0.0443 e. The third-order valence-electron chi connectivity index (χ3n) is 7.22. The average molecular weight is 502 g/mol. The van der Waals surface area contributed by atoms with Crippen molar-refractivity contribution in [2.45, 2.75) is 73.1 Å². The van der Waals surface area contributed by atoms with Crippen LogP contribution in [0.5, 0.6) is 0 Å². The maximum absolute atomic E-state index is 3.68. The lowest BCUT2D eigenvalue weighted by Crippen LogP contribution is -1.99. The van der Waals surface area contributed by atoms with Gasteiger partial charge in [-0.25, -0.2) is 0 Å². The molecule has 0 fully saturated rings. The molecular formula is C37H43N. The zero-order chi connectivity index (χ0) is 26.9. The SMILES string of the molecule is CCCc1cc(C)c(Nc2ccc(C=C(c3ccccc3)c3ccc(CCC)cc3CCC)cc2)c(C)c1. The Kier molecular flexibility index (Phi) is 9.60. The van der Waals surface area contributed by atoms with Crippen LogP contribution in [0, 0.1) is 13.8 Å². The zero-order valence-electron chi connectivity index (χ0n) is 23.9. The standard InChI is InChI=1S/C37H43N/c1-6-12-29-19-22-35(33(25-29)14-8-3)36(32-15-10-9-11-16-32)26-30-17-20-34(21-18-30)38-37-27(4)23-31(13-7-2)24-28(37)5/h9-11,15-26,38H,6-8,12-14H2,1-5H3. The summed E-state index contributed by atoms with van der Waals surface area (Å²) >= 11 is 0. The molecule has 0 aliphatic carbocycles. The van der Waals surface area contributed by atoms with E-state index in [1.54, 1.807) is 0 Å². The molecule has 196 valence electrons. The fourth-order valence-electron chi connectivity index (χ4n) is 5.42. The number of aryl methyl sites for hydroxylation is 5. The number of hydrogen-bond acceptors (Lipinski definition) is 1. The molecule has 0 bridgehead atoms. The molecule has 0 aliphatic heterocycles. The minimum atomic E-state index is 1.09. The lowest BCUT2D eigenvalue weighted by Gasteiger charge is -2.16. The fourth-order valence-corrected chi connectivity index (χ4v) is 5.42. The molecule has 0 saturated heterocycles. The summed E-state index contributed by atoms with van der Waals surface area (Å²) in [6.07, 6.45) is 9.20. The second kappa shape index (κ2) is 13.3. The summed E-state index contributed by atoms with van der Waals surface area (Å²) in [6, 6.07) is 31.4. The normalized spacial score (nSPS) is 11.6. The molecule has 1 heteroatoms. The van der Waals surface area contributed by atoms with Crippen LogP contribution in [0.4, 0.5) is 11.4 Å². The summed E-state index contributed by atoms with van der Waals surface area (Å²) in [7, 11) is 0. The van der Waals surface area contributed by atoms with Gasteiger partial charge in [0.15, 0.2) is 0 Å². The first kappa shape index (κ1) is 27.5. The lowest BCUT2D eigenvalue weighted by atomic mass is 9.89. The highest BCUT2D eigenvalue weighted by Crippen LogP contribution is 2.32. The third-order valence-corrected chi connectivity index (χ3v) is 7.22. The van der Waals surface area contributed by atoms with Crippen molar-refractivity contribution in [1.82, 2.24) is 0 Å². The van der Waals surface area contributed by atoms with Gasteiger partial charge in [0.2, 0.25) is 0 Å². The Hall–Kier alpha value is -3.58. The number of benzene rings is 4. The summed E-state index contributed by atoms with van der Waals surface area (Å²) in [4.78, 5) is 0. The van der Waals surface area contributed by atoms with Gasteiger partial charge in [0, 0.05) is 11.4 Å². The van der Waals surface area contributed by atoms with Crippen LogP contribution in [-0.4, -0.2) is 0 Å². The van der Waals surface area contributed by atoms with Crippen molar-refractivity contribution < 1.29 is 0 Å². The minimum Gasteiger partial charge on any atom is -0.355 e. The molecule has 0 amide bonds. The van der Waals surface area contributed by atoms with Gasteiger partial charge in [-0.2, -0.15) is 0 Å². The predicted molar refractivity (Wildman–Crippen MR) is 167 cm³/mol. The van der Waals surface area contributed by atoms with Gasteiger partial charge < -0.3 is 5.32 Å². The summed E-state index contributed by atoms with van der Waals surface area (Å²) in [5.41, 5.74) is 14.4. The zero-order valence-corrected chi connectivity index (χ0v) is 23.9. The molecule has 4 aromatic carbocycles. The highest BCUT2D eigenvalue weighted by atomic mass is 14.9. The van der Waals surface area contributed by atoms with Crippen LogP contribution >= 0.6 is 0 Å². The first-order chi connectivity index (χ1) is 18.5. The Morgan fingerprint density at radius 3 is 1.92 bits per heavy atom. The molecular weight excluding hydrogens is 458 g/mol. The molecule has 0 unspecified atom stereocenters. The molecule has 4 rings (SSSR count). The second-order valence-electron chi connectivity index (χ2n) is 10.5. The number of hydrogen-bond donors (Lipinski definition) is 1. The van der Waals surface area contributed by atoms with E-state index in [1.165, 1.54) is 68.6 Å². The molecule has 0 aromatic heterocycles. The molecule has 0 heterocycles. The van der Waals surface area contributed by atoms with Gasteiger partial charge >= 0.3 is 0 Å². The van der Waals surface area contributed by atoms with E-state index in [-0.39, 0.29) is 0 Å². The van der Waals surface area contributed by atoms with E-state index in [9.17, 15) is 0 Å². The molecule has 4 aromatic rings.